The molecule has 30 heavy (non-hydrogen) atoms. The van der Waals surface area contributed by atoms with Gasteiger partial charge >= 0.3 is 0 Å². The van der Waals surface area contributed by atoms with Crippen LogP contribution in [0.5, 0.6) is 5.75 Å². The van der Waals surface area contributed by atoms with Crippen molar-refractivity contribution >= 4 is 23.2 Å². The summed E-state index contributed by atoms with van der Waals surface area (Å²) in [5, 5.41) is 2.98. The second kappa shape index (κ2) is 8.06. The van der Waals surface area contributed by atoms with Crippen LogP contribution in [0.4, 0.5) is 11.4 Å². The van der Waals surface area contributed by atoms with E-state index in [2.05, 4.69) is 5.32 Å². The van der Waals surface area contributed by atoms with Crippen LogP contribution in [0.1, 0.15) is 34.6 Å². The van der Waals surface area contributed by atoms with Crippen LogP contribution in [0.2, 0.25) is 0 Å². The average Bonchev–Trinajstić information content (AvgIpc) is 3.31. The van der Waals surface area contributed by atoms with E-state index in [1.807, 2.05) is 73.0 Å². The molecule has 6 heteroatoms. The Labute approximate surface area is 176 Å². The standard InChI is InChI=1S/C24H25N3O3/c1-16-14-22(17(2)27(16)19-9-11-21(30-3)12-10-19)24(29)25-18-6-4-7-20(15-18)26-13-5-8-23(26)28/h4,6-7,9-12,14-15H,5,8,13H2,1-3H3,(H,25,29). The van der Waals surface area contributed by atoms with Gasteiger partial charge in [-0.05, 0) is 68.8 Å². The van der Waals surface area contributed by atoms with Crippen molar-refractivity contribution in [1.29, 1.82) is 0 Å². The molecule has 3 aromatic rings. The Kier molecular flexibility index (Phi) is 5.31. The number of hydrogen-bond donors (Lipinski definition) is 1. The summed E-state index contributed by atoms with van der Waals surface area (Å²) >= 11 is 0. The van der Waals surface area contributed by atoms with E-state index in [0.29, 0.717) is 17.7 Å². The fourth-order valence-electron chi connectivity index (χ4n) is 3.99. The molecule has 1 aliphatic rings. The highest BCUT2D eigenvalue weighted by Gasteiger charge is 2.22. The highest BCUT2D eigenvalue weighted by molar-refractivity contribution is 6.06. The molecule has 0 bridgehead atoms. The number of benzene rings is 2. The molecule has 0 unspecified atom stereocenters. The third-order valence-corrected chi connectivity index (χ3v) is 5.50. The van der Waals surface area contributed by atoms with Gasteiger partial charge in [-0.1, -0.05) is 6.07 Å². The molecule has 1 aromatic heterocycles. The molecule has 0 atom stereocenters. The van der Waals surface area contributed by atoms with Crippen LogP contribution in [0.15, 0.2) is 54.6 Å². The predicted octanol–water partition coefficient (Wildman–Crippen LogP) is 4.48. The minimum atomic E-state index is -0.173. The fourth-order valence-corrected chi connectivity index (χ4v) is 3.99. The van der Waals surface area contributed by atoms with Gasteiger partial charge in [-0.2, -0.15) is 0 Å². The number of rotatable bonds is 5. The van der Waals surface area contributed by atoms with Crippen molar-refractivity contribution in [3.63, 3.8) is 0 Å². The summed E-state index contributed by atoms with van der Waals surface area (Å²) in [7, 11) is 1.64. The number of aromatic nitrogens is 1. The van der Waals surface area contributed by atoms with Gasteiger partial charge in [0, 0.05) is 41.4 Å². The van der Waals surface area contributed by atoms with E-state index >= 15 is 0 Å². The minimum absolute atomic E-state index is 0.126. The molecule has 1 fully saturated rings. The van der Waals surface area contributed by atoms with E-state index in [1.54, 1.807) is 12.0 Å². The lowest BCUT2D eigenvalue weighted by molar-refractivity contribution is -0.117. The predicted molar refractivity (Wildman–Crippen MR) is 118 cm³/mol. The molecular weight excluding hydrogens is 378 g/mol. The number of nitrogens with one attached hydrogen (secondary N) is 1. The zero-order chi connectivity index (χ0) is 21.3. The molecule has 0 spiro atoms. The minimum Gasteiger partial charge on any atom is -0.497 e. The van der Waals surface area contributed by atoms with Crippen LogP contribution < -0.4 is 15.0 Å². The van der Waals surface area contributed by atoms with Crippen molar-refractivity contribution in [2.75, 3.05) is 23.9 Å². The molecule has 6 nitrogen and oxygen atoms in total. The Morgan fingerprint density at radius 1 is 1.03 bits per heavy atom. The summed E-state index contributed by atoms with van der Waals surface area (Å²) in [5.41, 5.74) is 4.91. The van der Waals surface area contributed by atoms with E-state index in [-0.39, 0.29) is 11.8 Å². The third kappa shape index (κ3) is 3.68. The lowest BCUT2D eigenvalue weighted by atomic mass is 10.2. The Morgan fingerprint density at radius 3 is 2.47 bits per heavy atom. The Bertz CT molecular complexity index is 1100. The number of aryl methyl sites for hydroxylation is 1. The Hall–Kier alpha value is -3.54. The molecule has 1 aliphatic heterocycles. The second-order valence-electron chi connectivity index (χ2n) is 7.47. The number of amides is 2. The zero-order valence-electron chi connectivity index (χ0n) is 17.4. The second-order valence-corrected chi connectivity index (χ2v) is 7.47. The Balaban J connectivity index is 1.58. The highest BCUT2D eigenvalue weighted by Crippen LogP contribution is 2.26. The van der Waals surface area contributed by atoms with Gasteiger partial charge in [-0.3, -0.25) is 9.59 Å². The highest BCUT2D eigenvalue weighted by atomic mass is 16.5. The van der Waals surface area contributed by atoms with Crippen LogP contribution in [0.3, 0.4) is 0 Å². The van der Waals surface area contributed by atoms with Crippen LogP contribution in [0.25, 0.3) is 5.69 Å². The number of carbonyl (C=O) groups is 2. The fraction of sp³-hybridized carbons (Fsp3) is 0.250. The van der Waals surface area contributed by atoms with Gasteiger partial charge in [-0.25, -0.2) is 0 Å². The van der Waals surface area contributed by atoms with E-state index in [9.17, 15) is 9.59 Å². The van der Waals surface area contributed by atoms with Gasteiger partial charge < -0.3 is 19.5 Å². The number of nitrogens with zero attached hydrogens (tertiary/aromatic N) is 2. The summed E-state index contributed by atoms with van der Waals surface area (Å²) in [6.07, 6.45) is 1.45. The van der Waals surface area contributed by atoms with Crippen molar-refractivity contribution in [3.05, 3.63) is 71.5 Å². The van der Waals surface area contributed by atoms with Gasteiger partial charge in [0.15, 0.2) is 0 Å². The van der Waals surface area contributed by atoms with Crippen LogP contribution in [-0.2, 0) is 4.79 Å². The van der Waals surface area contributed by atoms with Gasteiger partial charge in [0.1, 0.15) is 5.75 Å². The topological polar surface area (TPSA) is 63.6 Å². The number of anilines is 2. The van der Waals surface area contributed by atoms with Crippen molar-refractivity contribution in [2.24, 2.45) is 0 Å². The molecule has 1 saturated heterocycles. The molecule has 154 valence electrons. The van der Waals surface area contributed by atoms with Gasteiger partial charge in [0.25, 0.3) is 5.91 Å². The maximum atomic E-state index is 13.0. The molecule has 1 N–H and O–H groups in total. The molecule has 2 amide bonds. The maximum Gasteiger partial charge on any atom is 0.257 e. The molecule has 0 saturated carbocycles. The smallest absolute Gasteiger partial charge is 0.257 e. The van der Waals surface area contributed by atoms with Crippen molar-refractivity contribution < 1.29 is 14.3 Å². The lowest BCUT2D eigenvalue weighted by Gasteiger charge is -2.17. The van der Waals surface area contributed by atoms with Crippen molar-refractivity contribution in [2.45, 2.75) is 26.7 Å². The molecule has 4 rings (SSSR count). The monoisotopic (exact) mass is 403 g/mol. The summed E-state index contributed by atoms with van der Waals surface area (Å²) in [6, 6.07) is 17.1. The SMILES string of the molecule is COc1ccc(-n2c(C)cc(C(=O)Nc3cccc(N4CCCC4=O)c3)c2C)cc1. The summed E-state index contributed by atoms with van der Waals surface area (Å²) < 4.78 is 7.28. The largest absolute Gasteiger partial charge is 0.497 e. The number of hydrogen-bond acceptors (Lipinski definition) is 3. The molecular formula is C24H25N3O3. The Morgan fingerprint density at radius 2 is 1.80 bits per heavy atom. The first kappa shape index (κ1) is 19.8. The summed E-state index contributed by atoms with van der Waals surface area (Å²) in [5.74, 6) is 0.741. The normalized spacial score (nSPS) is 13.6. The summed E-state index contributed by atoms with van der Waals surface area (Å²) in [4.78, 5) is 26.8. The summed E-state index contributed by atoms with van der Waals surface area (Å²) in [6.45, 7) is 4.64. The van der Waals surface area contributed by atoms with Crippen LogP contribution in [-0.4, -0.2) is 30.0 Å². The third-order valence-electron chi connectivity index (χ3n) is 5.50. The van der Waals surface area contributed by atoms with Crippen LogP contribution >= 0.6 is 0 Å². The number of ether oxygens (including phenoxy) is 1. The maximum absolute atomic E-state index is 13.0. The first-order valence-electron chi connectivity index (χ1n) is 10.0. The van der Waals surface area contributed by atoms with E-state index < -0.39 is 0 Å². The molecule has 2 heterocycles. The number of carbonyl (C=O) groups excluding carboxylic acids is 2. The van der Waals surface area contributed by atoms with Crippen molar-refractivity contribution in [1.82, 2.24) is 4.57 Å². The van der Waals surface area contributed by atoms with Crippen molar-refractivity contribution in [3.8, 4) is 11.4 Å². The number of methoxy groups -OCH3 is 1. The average molecular weight is 403 g/mol. The van der Waals surface area contributed by atoms with E-state index in [0.717, 1.165) is 41.5 Å². The van der Waals surface area contributed by atoms with Gasteiger partial charge in [-0.15, -0.1) is 0 Å². The zero-order valence-corrected chi connectivity index (χ0v) is 17.4. The van der Waals surface area contributed by atoms with Crippen LogP contribution in [0, 0.1) is 13.8 Å². The first-order chi connectivity index (χ1) is 14.5. The lowest BCUT2D eigenvalue weighted by Crippen LogP contribution is -2.23. The first-order valence-corrected chi connectivity index (χ1v) is 10.0. The molecule has 0 aliphatic carbocycles. The quantitative estimate of drug-likeness (QED) is 0.683. The van der Waals surface area contributed by atoms with E-state index in [1.165, 1.54) is 0 Å². The van der Waals surface area contributed by atoms with E-state index in [4.69, 9.17) is 4.74 Å². The molecule has 0 radical (unpaired) electrons. The van der Waals surface area contributed by atoms with Gasteiger partial charge in [0.05, 0.1) is 12.7 Å². The van der Waals surface area contributed by atoms with Gasteiger partial charge in [0.2, 0.25) is 5.91 Å². The molecule has 2 aromatic carbocycles.